The molecule has 0 spiro atoms. The molecule has 230 valence electrons. The number of ether oxygens (including phenoxy) is 1. The van der Waals surface area contributed by atoms with Crippen LogP contribution in [0.5, 0.6) is 5.75 Å². The predicted octanol–water partition coefficient (Wildman–Crippen LogP) is 8.37. The number of benzene rings is 2. The Balaban J connectivity index is 0.00000201. The minimum atomic E-state index is -0.434. The van der Waals surface area contributed by atoms with Crippen molar-refractivity contribution in [3.63, 3.8) is 0 Å². The molecular weight excluding hydrogens is 552 g/mol. The van der Waals surface area contributed by atoms with Crippen molar-refractivity contribution in [2.24, 2.45) is 17.6 Å². The van der Waals surface area contributed by atoms with Crippen LogP contribution in [0.15, 0.2) is 54.6 Å². The number of aliphatic hydroxyl groups excluding tert-OH is 1. The molecular formula is C34H53ClN2O3S. The first-order valence-corrected chi connectivity index (χ1v) is 16.4. The van der Waals surface area contributed by atoms with Crippen LogP contribution < -0.4 is 15.4 Å². The van der Waals surface area contributed by atoms with E-state index in [-0.39, 0.29) is 0 Å². The molecule has 1 fully saturated rings. The molecule has 0 bridgehead atoms. The smallest absolute Gasteiger partial charge is 0.248 e. The van der Waals surface area contributed by atoms with Gasteiger partial charge in [0, 0.05) is 23.7 Å². The van der Waals surface area contributed by atoms with Crippen molar-refractivity contribution in [2.75, 3.05) is 30.3 Å². The molecule has 0 aliphatic heterocycles. The van der Waals surface area contributed by atoms with Crippen LogP contribution in [0.1, 0.15) is 89.1 Å². The Labute approximate surface area is 259 Å². The van der Waals surface area contributed by atoms with Crippen molar-refractivity contribution >= 4 is 35.8 Å². The zero-order chi connectivity index (χ0) is 30.6. The van der Waals surface area contributed by atoms with Crippen molar-refractivity contribution < 1.29 is 14.6 Å². The van der Waals surface area contributed by atoms with Crippen LogP contribution in [0.2, 0.25) is 5.02 Å². The Kier molecular flexibility index (Phi) is 19.4. The number of nitrogens with zero attached hydrogens (tertiary/aromatic N) is 1. The van der Waals surface area contributed by atoms with E-state index >= 15 is 0 Å². The van der Waals surface area contributed by atoms with E-state index in [9.17, 15) is 9.90 Å². The van der Waals surface area contributed by atoms with Crippen LogP contribution >= 0.6 is 24.2 Å². The Morgan fingerprint density at radius 1 is 1.15 bits per heavy atom. The van der Waals surface area contributed by atoms with Gasteiger partial charge in [0.05, 0.1) is 18.4 Å². The fourth-order valence-electron chi connectivity index (χ4n) is 4.85. The highest BCUT2D eigenvalue weighted by Gasteiger charge is 2.31. The molecule has 1 unspecified atom stereocenters. The SMILES string of the molecule is CC.CC.CCN(C[C@@H]1CC[C@H]1C/C=C/C(O)CCS)c1cc(C(N)=O)ccc1OCCCCc1cccc(Cl)c1. The first-order chi connectivity index (χ1) is 19.9. The van der Waals surface area contributed by atoms with Crippen molar-refractivity contribution in [1.29, 1.82) is 0 Å². The summed E-state index contributed by atoms with van der Waals surface area (Å²) in [5.41, 5.74) is 8.26. The normalized spacial score (nSPS) is 16.5. The van der Waals surface area contributed by atoms with E-state index in [0.29, 0.717) is 36.2 Å². The Morgan fingerprint density at radius 2 is 1.88 bits per heavy atom. The summed E-state index contributed by atoms with van der Waals surface area (Å²) < 4.78 is 6.23. The summed E-state index contributed by atoms with van der Waals surface area (Å²) in [5.74, 6) is 2.20. The van der Waals surface area contributed by atoms with Gasteiger partial charge in [0.1, 0.15) is 5.75 Å². The quantitative estimate of drug-likeness (QED) is 0.102. The molecule has 2 aromatic rings. The third-order valence-electron chi connectivity index (χ3n) is 7.22. The van der Waals surface area contributed by atoms with Gasteiger partial charge in [0.25, 0.3) is 0 Å². The van der Waals surface area contributed by atoms with Gasteiger partial charge in [0.15, 0.2) is 0 Å². The van der Waals surface area contributed by atoms with E-state index in [1.807, 2.05) is 64.1 Å². The van der Waals surface area contributed by atoms with Crippen LogP contribution in [0, 0.1) is 11.8 Å². The van der Waals surface area contributed by atoms with Crippen molar-refractivity contribution in [3.05, 3.63) is 70.8 Å². The monoisotopic (exact) mass is 604 g/mol. The number of hydrogen-bond acceptors (Lipinski definition) is 5. The van der Waals surface area contributed by atoms with Crippen molar-refractivity contribution in [1.82, 2.24) is 0 Å². The highest BCUT2D eigenvalue weighted by Crippen LogP contribution is 2.40. The summed E-state index contributed by atoms with van der Waals surface area (Å²) in [5, 5.41) is 10.7. The number of thiol groups is 1. The van der Waals surface area contributed by atoms with E-state index in [1.165, 1.54) is 18.4 Å². The number of aliphatic hydroxyl groups is 1. The number of amides is 1. The minimum absolute atomic E-state index is 0.412. The van der Waals surface area contributed by atoms with Gasteiger partial charge in [-0.3, -0.25) is 4.79 Å². The number of allylic oxidation sites excluding steroid dienone is 1. The summed E-state index contributed by atoms with van der Waals surface area (Å²) in [6.07, 6.45) is 10.5. The minimum Gasteiger partial charge on any atom is -0.491 e. The van der Waals surface area contributed by atoms with Crippen molar-refractivity contribution in [2.45, 2.75) is 85.7 Å². The lowest BCUT2D eigenvalue weighted by atomic mass is 9.71. The molecule has 1 amide bonds. The van der Waals surface area contributed by atoms with Crippen LogP contribution in [0.4, 0.5) is 5.69 Å². The van der Waals surface area contributed by atoms with Crippen LogP contribution in [0.3, 0.4) is 0 Å². The first-order valence-electron chi connectivity index (χ1n) is 15.4. The maximum Gasteiger partial charge on any atom is 0.248 e. The van der Waals surface area contributed by atoms with Crippen LogP contribution in [-0.4, -0.2) is 42.6 Å². The van der Waals surface area contributed by atoms with Gasteiger partial charge in [-0.05, 0) is 105 Å². The number of aryl methyl sites for hydroxylation is 1. The molecule has 3 rings (SSSR count). The average Bonchev–Trinajstić information content (AvgIpc) is 2.97. The van der Waals surface area contributed by atoms with E-state index in [1.54, 1.807) is 6.07 Å². The number of anilines is 1. The molecule has 41 heavy (non-hydrogen) atoms. The summed E-state index contributed by atoms with van der Waals surface area (Å²) in [6, 6.07) is 13.5. The van der Waals surface area contributed by atoms with Gasteiger partial charge in [-0.1, -0.05) is 63.6 Å². The molecule has 3 atom stereocenters. The molecule has 0 saturated heterocycles. The number of halogens is 1. The Bertz CT molecular complexity index is 1030. The molecule has 7 heteroatoms. The van der Waals surface area contributed by atoms with E-state index in [4.69, 9.17) is 22.1 Å². The highest BCUT2D eigenvalue weighted by atomic mass is 35.5. The maximum absolute atomic E-state index is 11.9. The second-order valence-corrected chi connectivity index (χ2v) is 10.7. The fourth-order valence-corrected chi connectivity index (χ4v) is 5.33. The number of rotatable bonds is 16. The zero-order valence-electron chi connectivity index (χ0n) is 25.8. The maximum atomic E-state index is 11.9. The topological polar surface area (TPSA) is 75.8 Å². The lowest BCUT2D eigenvalue weighted by Gasteiger charge is -2.40. The third-order valence-corrected chi connectivity index (χ3v) is 7.72. The van der Waals surface area contributed by atoms with Crippen LogP contribution in [-0.2, 0) is 6.42 Å². The molecule has 1 aliphatic rings. The van der Waals surface area contributed by atoms with Crippen molar-refractivity contribution in [3.8, 4) is 5.75 Å². The van der Waals surface area contributed by atoms with E-state index in [0.717, 1.165) is 55.2 Å². The van der Waals surface area contributed by atoms with Gasteiger partial charge in [-0.15, -0.1) is 0 Å². The number of carbonyl (C=O) groups is 1. The number of carbonyl (C=O) groups excluding carboxylic acids is 1. The molecule has 1 saturated carbocycles. The second kappa shape index (κ2) is 21.5. The first kappa shape index (κ1) is 36.9. The third kappa shape index (κ3) is 13.1. The summed E-state index contributed by atoms with van der Waals surface area (Å²) in [4.78, 5) is 14.2. The summed E-state index contributed by atoms with van der Waals surface area (Å²) >= 11 is 10.3. The number of nitrogens with two attached hydrogens (primary N) is 1. The zero-order valence-corrected chi connectivity index (χ0v) is 27.5. The fraction of sp³-hybridized carbons (Fsp3) is 0.559. The number of hydrogen-bond donors (Lipinski definition) is 3. The Morgan fingerprint density at radius 3 is 2.49 bits per heavy atom. The Hall–Kier alpha value is -2.15. The van der Waals surface area contributed by atoms with E-state index in [2.05, 4.69) is 36.6 Å². The highest BCUT2D eigenvalue weighted by molar-refractivity contribution is 7.80. The van der Waals surface area contributed by atoms with Gasteiger partial charge in [-0.25, -0.2) is 0 Å². The molecule has 5 nitrogen and oxygen atoms in total. The summed E-state index contributed by atoms with van der Waals surface area (Å²) in [6.45, 7) is 12.5. The second-order valence-electron chi connectivity index (χ2n) is 9.86. The molecule has 0 radical (unpaired) electrons. The average molecular weight is 605 g/mol. The van der Waals surface area contributed by atoms with Gasteiger partial charge in [0.2, 0.25) is 5.91 Å². The lowest BCUT2D eigenvalue weighted by Crippen LogP contribution is -2.38. The molecule has 1 aliphatic carbocycles. The predicted molar refractivity (Wildman–Crippen MR) is 180 cm³/mol. The molecule has 3 N–H and O–H groups in total. The largest absolute Gasteiger partial charge is 0.491 e. The standard InChI is InChI=1S/C30H41ClN2O3S.2C2H6/c1-2-33(21-25-13-12-23(25)9-6-11-27(34)16-18-37)28-20-24(30(32)35)14-15-29(28)36-17-4-3-7-22-8-5-10-26(31)19-22;2*1-2/h5-6,8,10-11,14-15,19-20,23,25,27,34,37H,2-4,7,9,12-13,16-18,21H2,1H3,(H2,32,35);2*1-2H3/b11-6+;;/t23-,25+,27?;;/m1../s1. The van der Waals surface area contributed by atoms with Gasteiger partial charge >= 0.3 is 0 Å². The van der Waals surface area contributed by atoms with Gasteiger partial charge < -0.3 is 20.5 Å². The summed E-state index contributed by atoms with van der Waals surface area (Å²) in [7, 11) is 0. The number of primary amides is 1. The molecule has 0 aromatic heterocycles. The molecule has 0 heterocycles. The van der Waals surface area contributed by atoms with Crippen LogP contribution in [0.25, 0.3) is 0 Å². The molecule has 2 aromatic carbocycles. The van der Waals surface area contributed by atoms with E-state index < -0.39 is 12.0 Å². The number of unbranched alkanes of at least 4 members (excludes halogenated alkanes) is 1. The van der Waals surface area contributed by atoms with Gasteiger partial charge in [-0.2, -0.15) is 12.6 Å². The lowest BCUT2D eigenvalue weighted by molar-refractivity contribution is 0.1000.